The van der Waals surface area contributed by atoms with Crippen molar-refractivity contribution in [2.75, 3.05) is 6.61 Å². The minimum absolute atomic E-state index is 0.443. The van der Waals surface area contributed by atoms with Crippen LogP contribution in [0.15, 0.2) is 24.5 Å². The third-order valence-corrected chi connectivity index (χ3v) is 2.80. The summed E-state index contributed by atoms with van der Waals surface area (Å²) >= 11 is 0. The summed E-state index contributed by atoms with van der Waals surface area (Å²) in [6, 6.07) is 4.02. The number of imidazole rings is 1. The van der Waals surface area contributed by atoms with E-state index in [0.717, 1.165) is 5.65 Å². The summed E-state index contributed by atoms with van der Waals surface area (Å²) in [6.07, 6.45) is 2.74. The third kappa shape index (κ3) is 2.33. The Kier molecular flexibility index (Phi) is 3.45. The van der Waals surface area contributed by atoms with E-state index in [1.54, 1.807) is 6.20 Å². The van der Waals surface area contributed by atoms with Gasteiger partial charge in [-0.05, 0) is 24.5 Å². The van der Waals surface area contributed by atoms with Gasteiger partial charge in [-0.3, -0.25) is 4.40 Å². The van der Waals surface area contributed by atoms with Gasteiger partial charge in [-0.25, -0.2) is 4.98 Å². The maximum absolute atomic E-state index is 9.85. The molecule has 0 spiro atoms. The van der Waals surface area contributed by atoms with Crippen LogP contribution in [-0.2, 0) is 4.74 Å². The van der Waals surface area contributed by atoms with E-state index in [0.29, 0.717) is 18.2 Å². The van der Waals surface area contributed by atoms with Crippen LogP contribution in [0, 0.1) is 0 Å². The summed E-state index contributed by atoms with van der Waals surface area (Å²) in [7, 11) is 0. The van der Waals surface area contributed by atoms with Gasteiger partial charge in [0, 0.05) is 12.8 Å². The van der Waals surface area contributed by atoms with Crippen molar-refractivity contribution in [3.63, 3.8) is 0 Å². The van der Waals surface area contributed by atoms with Crippen molar-refractivity contribution in [2.45, 2.75) is 33.0 Å². The highest BCUT2D eigenvalue weighted by molar-refractivity contribution is 5.42. The summed E-state index contributed by atoms with van der Waals surface area (Å²) in [4.78, 5) is 4.25. The molecule has 1 N–H and O–H groups in total. The molecule has 4 heteroatoms. The molecule has 1 atom stereocenters. The van der Waals surface area contributed by atoms with Crippen LogP contribution in [0.3, 0.4) is 0 Å². The number of nitrogens with zero attached hydrogens (tertiary/aromatic N) is 2. The lowest BCUT2D eigenvalue weighted by Crippen LogP contribution is -2.06. The Balaban J connectivity index is 2.46. The van der Waals surface area contributed by atoms with Crippen molar-refractivity contribution in [1.82, 2.24) is 9.38 Å². The summed E-state index contributed by atoms with van der Waals surface area (Å²) in [5.74, 6) is 0.443. The molecule has 2 aromatic rings. The molecular weight excluding hydrogens is 216 g/mol. The van der Waals surface area contributed by atoms with Gasteiger partial charge < -0.3 is 9.84 Å². The highest BCUT2D eigenvalue weighted by Crippen LogP contribution is 2.20. The fraction of sp³-hybridized carbons (Fsp3) is 0.462. The Morgan fingerprint density at radius 2 is 2.18 bits per heavy atom. The van der Waals surface area contributed by atoms with Gasteiger partial charge >= 0.3 is 0 Å². The smallest absolute Gasteiger partial charge is 0.198 e. The molecule has 0 saturated heterocycles. The van der Waals surface area contributed by atoms with Crippen molar-refractivity contribution >= 4 is 5.65 Å². The first-order valence-electron chi connectivity index (χ1n) is 5.90. The van der Waals surface area contributed by atoms with E-state index in [2.05, 4.69) is 24.9 Å². The summed E-state index contributed by atoms with van der Waals surface area (Å²) in [5, 5.41) is 9.85. The number of aliphatic hydroxyl groups excluding tert-OH is 1. The van der Waals surface area contributed by atoms with Crippen molar-refractivity contribution in [3.05, 3.63) is 35.8 Å². The molecule has 0 fully saturated rings. The molecule has 17 heavy (non-hydrogen) atoms. The first kappa shape index (κ1) is 12.1. The average molecular weight is 234 g/mol. The monoisotopic (exact) mass is 234 g/mol. The standard InChI is InChI=1S/C13H18N2O2/c1-4-17-13(16)11-7-14-12-6-5-10(9(2)3)8-15(11)12/h5-9,13,16H,4H2,1-3H3. The third-order valence-electron chi connectivity index (χ3n) is 2.80. The van der Waals surface area contributed by atoms with Crippen LogP contribution in [-0.4, -0.2) is 21.1 Å². The molecular formula is C13H18N2O2. The maximum Gasteiger partial charge on any atom is 0.198 e. The van der Waals surface area contributed by atoms with Crippen molar-refractivity contribution in [1.29, 1.82) is 0 Å². The second kappa shape index (κ2) is 4.85. The highest BCUT2D eigenvalue weighted by Gasteiger charge is 2.13. The summed E-state index contributed by atoms with van der Waals surface area (Å²) < 4.78 is 7.07. The van der Waals surface area contributed by atoms with Gasteiger partial charge in [0.2, 0.25) is 0 Å². The fourth-order valence-corrected chi connectivity index (χ4v) is 1.78. The zero-order chi connectivity index (χ0) is 12.4. The van der Waals surface area contributed by atoms with Crippen LogP contribution in [0.1, 0.15) is 44.2 Å². The van der Waals surface area contributed by atoms with Crippen LogP contribution < -0.4 is 0 Å². The Hall–Kier alpha value is -1.39. The molecule has 0 amide bonds. The van der Waals surface area contributed by atoms with E-state index < -0.39 is 6.29 Å². The average Bonchev–Trinajstić information content (AvgIpc) is 2.71. The lowest BCUT2D eigenvalue weighted by Gasteiger charge is -2.11. The fourth-order valence-electron chi connectivity index (χ4n) is 1.78. The Morgan fingerprint density at radius 3 is 2.82 bits per heavy atom. The zero-order valence-electron chi connectivity index (χ0n) is 10.4. The second-order valence-electron chi connectivity index (χ2n) is 4.34. The quantitative estimate of drug-likeness (QED) is 0.827. The summed E-state index contributed by atoms with van der Waals surface area (Å²) in [6.45, 7) is 6.59. The molecule has 0 aromatic carbocycles. The number of pyridine rings is 1. The summed E-state index contributed by atoms with van der Waals surface area (Å²) in [5.41, 5.74) is 2.70. The van der Waals surface area contributed by atoms with Crippen LogP contribution in [0.2, 0.25) is 0 Å². The highest BCUT2D eigenvalue weighted by atomic mass is 16.6. The van der Waals surface area contributed by atoms with Crippen LogP contribution in [0.25, 0.3) is 5.65 Å². The molecule has 2 aromatic heterocycles. The van der Waals surface area contributed by atoms with Gasteiger partial charge in [0.25, 0.3) is 0 Å². The van der Waals surface area contributed by atoms with E-state index in [1.165, 1.54) is 5.56 Å². The van der Waals surface area contributed by atoms with Crippen LogP contribution in [0.4, 0.5) is 0 Å². The predicted molar refractivity (Wildman–Crippen MR) is 65.9 cm³/mol. The maximum atomic E-state index is 9.85. The zero-order valence-corrected chi connectivity index (χ0v) is 10.4. The molecule has 0 aliphatic heterocycles. The Bertz CT molecular complexity index is 505. The van der Waals surface area contributed by atoms with E-state index in [1.807, 2.05) is 23.6 Å². The SMILES string of the molecule is CCOC(O)c1cnc2ccc(C(C)C)cn12. The molecule has 92 valence electrons. The Labute approximate surface area is 101 Å². The van der Waals surface area contributed by atoms with E-state index in [9.17, 15) is 5.11 Å². The molecule has 4 nitrogen and oxygen atoms in total. The van der Waals surface area contributed by atoms with Gasteiger partial charge in [0.15, 0.2) is 6.29 Å². The van der Waals surface area contributed by atoms with E-state index in [-0.39, 0.29) is 0 Å². The predicted octanol–water partition coefficient (Wildman–Crippen LogP) is 2.49. The van der Waals surface area contributed by atoms with Crippen LogP contribution >= 0.6 is 0 Å². The van der Waals surface area contributed by atoms with E-state index in [4.69, 9.17) is 4.74 Å². The first-order valence-corrected chi connectivity index (χ1v) is 5.90. The molecule has 1 unspecified atom stereocenters. The topological polar surface area (TPSA) is 46.8 Å². The Morgan fingerprint density at radius 1 is 1.41 bits per heavy atom. The number of fused-ring (bicyclic) bond motifs is 1. The molecule has 0 saturated carbocycles. The van der Waals surface area contributed by atoms with Gasteiger partial charge in [-0.2, -0.15) is 0 Å². The van der Waals surface area contributed by atoms with Crippen LogP contribution in [0.5, 0.6) is 0 Å². The largest absolute Gasteiger partial charge is 0.363 e. The van der Waals surface area contributed by atoms with Gasteiger partial charge in [-0.15, -0.1) is 0 Å². The van der Waals surface area contributed by atoms with Crippen molar-refractivity contribution < 1.29 is 9.84 Å². The molecule has 0 bridgehead atoms. The van der Waals surface area contributed by atoms with Gasteiger partial charge in [0.1, 0.15) is 5.65 Å². The van der Waals surface area contributed by atoms with Crippen molar-refractivity contribution in [2.24, 2.45) is 0 Å². The molecule has 0 aliphatic rings. The van der Waals surface area contributed by atoms with Crippen molar-refractivity contribution in [3.8, 4) is 0 Å². The molecule has 0 aliphatic carbocycles. The number of hydrogen-bond acceptors (Lipinski definition) is 3. The second-order valence-corrected chi connectivity index (χ2v) is 4.34. The lowest BCUT2D eigenvalue weighted by atomic mass is 10.1. The minimum atomic E-state index is -0.919. The number of ether oxygens (including phenoxy) is 1. The van der Waals surface area contributed by atoms with Gasteiger partial charge in [0.05, 0.1) is 11.9 Å². The number of rotatable bonds is 4. The molecule has 2 heterocycles. The van der Waals surface area contributed by atoms with Gasteiger partial charge in [-0.1, -0.05) is 19.9 Å². The normalized spacial score (nSPS) is 13.5. The molecule has 2 rings (SSSR count). The molecule has 0 radical (unpaired) electrons. The van der Waals surface area contributed by atoms with E-state index >= 15 is 0 Å². The number of hydrogen-bond donors (Lipinski definition) is 1. The first-order chi connectivity index (χ1) is 8.13. The minimum Gasteiger partial charge on any atom is -0.363 e. The number of aromatic nitrogens is 2. The number of aliphatic hydroxyl groups is 1. The lowest BCUT2D eigenvalue weighted by molar-refractivity contribution is -0.101.